The van der Waals surface area contributed by atoms with Crippen LogP contribution in [0.4, 0.5) is 13.2 Å². The van der Waals surface area contributed by atoms with Gasteiger partial charge < -0.3 is 5.32 Å². The Balaban J connectivity index is 1.71. The van der Waals surface area contributed by atoms with Gasteiger partial charge in [0.25, 0.3) is 0 Å². The molecule has 2 aromatic heterocycles. The van der Waals surface area contributed by atoms with Crippen molar-refractivity contribution in [2.45, 2.75) is 17.6 Å². The Hall–Kier alpha value is -2.41. The number of hydrogen-bond acceptors (Lipinski definition) is 5. The third kappa shape index (κ3) is 5.09. The molecule has 1 amide bonds. The van der Waals surface area contributed by atoms with Crippen molar-refractivity contribution in [2.24, 2.45) is 0 Å². The third-order valence-corrected chi connectivity index (χ3v) is 6.54. The number of likely N-dealkylation sites (N-methyl/N-ethyl adjacent to an activating group) is 1. The molecular weight excluding hydrogens is 482 g/mol. The number of benzene rings is 1. The second-order valence-electron chi connectivity index (χ2n) is 6.38. The minimum Gasteiger partial charge on any atom is -0.348 e. The highest BCUT2D eigenvalue weighted by Crippen LogP contribution is 2.32. The molecule has 0 saturated carbocycles. The molecule has 0 aliphatic heterocycles. The molecule has 0 bridgehead atoms. The highest BCUT2D eigenvalue weighted by Gasteiger charge is 2.32. The molecule has 0 unspecified atom stereocenters. The first-order chi connectivity index (χ1) is 14.4. The summed E-state index contributed by atoms with van der Waals surface area (Å²) in [6.45, 7) is -0.831. The van der Waals surface area contributed by atoms with E-state index in [0.29, 0.717) is 5.02 Å². The number of amides is 1. The molecule has 1 N–H and O–H groups in total. The van der Waals surface area contributed by atoms with Gasteiger partial charge in [0.1, 0.15) is 0 Å². The van der Waals surface area contributed by atoms with Crippen LogP contribution in [-0.2, 0) is 27.5 Å². The largest absolute Gasteiger partial charge is 0.417 e. The first-order valence-electron chi connectivity index (χ1n) is 8.48. The summed E-state index contributed by atoms with van der Waals surface area (Å²) in [5.41, 5.74) is -1.02. The van der Waals surface area contributed by atoms with Gasteiger partial charge in [-0.15, -0.1) is 10.2 Å². The zero-order valence-electron chi connectivity index (χ0n) is 15.7. The number of pyridine rings is 1. The summed E-state index contributed by atoms with van der Waals surface area (Å²) in [5.74, 6) is -0.713. The Morgan fingerprint density at radius 1 is 1.19 bits per heavy atom. The fourth-order valence-electron chi connectivity index (χ4n) is 2.58. The van der Waals surface area contributed by atoms with Crippen LogP contribution in [0.15, 0.2) is 41.4 Å². The lowest BCUT2D eigenvalue weighted by atomic mass is 10.3. The molecule has 0 radical (unpaired) electrons. The van der Waals surface area contributed by atoms with E-state index in [9.17, 15) is 26.4 Å². The summed E-state index contributed by atoms with van der Waals surface area (Å²) >= 11 is 11.6. The first-order valence-corrected chi connectivity index (χ1v) is 10.7. The van der Waals surface area contributed by atoms with Gasteiger partial charge in [-0.2, -0.15) is 17.5 Å². The average molecular weight is 496 g/mol. The number of sulfonamides is 1. The van der Waals surface area contributed by atoms with Crippen LogP contribution in [0, 0.1) is 0 Å². The van der Waals surface area contributed by atoms with Crippen molar-refractivity contribution in [1.29, 1.82) is 0 Å². The zero-order chi connectivity index (χ0) is 23.0. The lowest BCUT2D eigenvalue weighted by Crippen LogP contribution is -2.38. The highest BCUT2D eigenvalue weighted by molar-refractivity contribution is 7.89. The first kappa shape index (κ1) is 23.3. The number of carbonyl (C=O) groups excluding carboxylic acids is 1. The van der Waals surface area contributed by atoms with Gasteiger partial charge in [0.2, 0.25) is 15.9 Å². The number of nitrogens with zero attached hydrogens (tertiary/aromatic N) is 4. The van der Waals surface area contributed by atoms with Crippen LogP contribution in [-0.4, -0.2) is 46.8 Å². The van der Waals surface area contributed by atoms with Crippen molar-refractivity contribution in [3.63, 3.8) is 0 Å². The number of aromatic nitrogens is 3. The van der Waals surface area contributed by atoms with Crippen molar-refractivity contribution in [2.75, 3.05) is 13.6 Å². The summed E-state index contributed by atoms with van der Waals surface area (Å²) in [5, 5.41) is 9.95. The van der Waals surface area contributed by atoms with Crippen molar-refractivity contribution in [3.8, 4) is 0 Å². The second-order valence-corrected chi connectivity index (χ2v) is 9.26. The molecule has 1 aromatic carbocycles. The molecule has 0 atom stereocenters. The maximum absolute atomic E-state index is 13.0. The molecule has 0 aliphatic carbocycles. The normalized spacial score (nSPS) is 12.5. The Morgan fingerprint density at radius 2 is 1.84 bits per heavy atom. The van der Waals surface area contributed by atoms with E-state index < -0.39 is 34.2 Å². The van der Waals surface area contributed by atoms with Crippen LogP contribution in [0.25, 0.3) is 5.65 Å². The smallest absolute Gasteiger partial charge is 0.348 e. The molecule has 166 valence electrons. The van der Waals surface area contributed by atoms with Crippen LogP contribution >= 0.6 is 23.2 Å². The number of fused-ring (bicyclic) bond motifs is 1. The summed E-state index contributed by atoms with van der Waals surface area (Å²) in [6, 6.07) is 6.13. The Morgan fingerprint density at radius 3 is 2.45 bits per heavy atom. The molecule has 3 aromatic rings. The lowest BCUT2D eigenvalue weighted by molar-refractivity contribution is -0.137. The SMILES string of the molecule is CN(CC(=O)NCc1nnc2c(Cl)cc(C(F)(F)F)cn12)S(=O)(=O)c1ccc(Cl)cc1. The van der Waals surface area contributed by atoms with Crippen molar-refractivity contribution < 1.29 is 26.4 Å². The van der Waals surface area contributed by atoms with Gasteiger partial charge in [-0.1, -0.05) is 23.2 Å². The minimum atomic E-state index is -4.64. The molecule has 0 aliphatic rings. The molecule has 2 heterocycles. The zero-order valence-corrected chi connectivity index (χ0v) is 18.0. The monoisotopic (exact) mass is 495 g/mol. The van der Waals surface area contributed by atoms with Crippen LogP contribution in [0.2, 0.25) is 10.0 Å². The molecule has 31 heavy (non-hydrogen) atoms. The number of halogens is 5. The number of hydrogen-bond donors (Lipinski definition) is 1. The predicted molar refractivity (Wildman–Crippen MR) is 106 cm³/mol. The van der Waals surface area contributed by atoms with Gasteiger partial charge in [-0.05, 0) is 30.3 Å². The van der Waals surface area contributed by atoms with Crippen molar-refractivity contribution in [3.05, 3.63) is 58.0 Å². The summed E-state index contributed by atoms with van der Waals surface area (Å²) < 4.78 is 65.9. The van der Waals surface area contributed by atoms with Gasteiger partial charge >= 0.3 is 6.18 Å². The molecule has 0 fully saturated rings. The van der Waals surface area contributed by atoms with Crippen molar-refractivity contribution >= 4 is 44.8 Å². The summed E-state index contributed by atoms with van der Waals surface area (Å²) in [7, 11) is -2.73. The van der Waals surface area contributed by atoms with Crippen LogP contribution in [0.3, 0.4) is 0 Å². The van der Waals surface area contributed by atoms with Gasteiger partial charge in [0.15, 0.2) is 11.5 Å². The predicted octanol–water partition coefficient (Wildman–Crippen LogP) is 2.99. The topological polar surface area (TPSA) is 96.7 Å². The van der Waals surface area contributed by atoms with Gasteiger partial charge in [-0.25, -0.2) is 8.42 Å². The number of alkyl halides is 3. The van der Waals surface area contributed by atoms with Crippen molar-refractivity contribution in [1.82, 2.24) is 24.2 Å². The maximum Gasteiger partial charge on any atom is 0.417 e. The van der Waals surface area contributed by atoms with Gasteiger partial charge in [0, 0.05) is 18.3 Å². The van der Waals surface area contributed by atoms with E-state index in [0.717, 1.165) is 21.0 Å². The summed E-state index contributed by atoms with van der Waals surface area (Å²) in [6.07, 6.45) is -3.87. The second kappa shape index (κ2) is 8.61. The van der Waals surface area contributed by atoms with Crippen LogP contribution < -0.4 is 5.32 Å². The number of nitrogens with one attached hydrogen (secondary N) is 1. The van der Waals surface area contributed by atoms with E-state index in [1.807, 2.05) is 0 Å². The molecule has 8 nitrogen and oxygen atoms in total. The van der Waals surface area contributed by atoms with E-state index >= 15 is 0 Å². The Kier molecular flexibility index (Phi) is 6.46. The lowest BCUT2D eigenvalue weighted by Gasteiger charge is -2.17. The molecule has 0 spiro atoms. The number of carbonyl (C=O) groups is 1. The third-order valence-electron chi connectivity index (χ3n) is 4.19. The molecule has 0 saturated heterocycles. The molecule has 14 heteroatoms. The Labute approximate surface area is 184 Å². The number of rotatable bonds is 6. The van der Waals surface area contributed by atoms with Crippen LogP contribution in [0.1, 0.15) is 11.4 Å². The maximum atomic E-state index is 13.0. The van der Waals surface area contributed by atoms with Gasteiger partial charge in [-0.3, -0.25) is 9.20 Å². The molecular formula is C17H14Cl2F3N5O3S. The molecule has 3 rings (SSSR count). The standard InChI is InChI=1S/C17H14Cl2F3N5O3S/c1-26(31(29,30)12-4-2-11(18)3-5-12)9-15(28)23-7-14-24-25-16-13(19)6-10(8-27(14)16)17(20,21)22/h2-6,8H,7,9H2,1H3,(H,23,28). The average Bonchev–Trinajstić information content (AvgIpc) is 3.09. The van der Waals surface area contributed by atoms with E-state index in [4.69, 9.17) is 23.2 Å². The van der Waals surface area contributed by atoms with Gasteiger partial charge in [0.05, 0.1) is 28.6 Å². The van der Waals surface area contributed by atoms with E-state index in [2.05, 4.69) is 15.5 Å². The van der Waals surface area contributed by atoms with E-state index in [1.165, 1.54) is 31.3 Å². The highest BCUT2D eigenvalue weighted by atomic mass is 35.5. The van der Waals surface area contributed by atoms with E-state index in [-0.39, 0.29) is 27.9 Å². The fourth-order valence-corrected chi connectivity index (χ4v) is 4.08. The Bertz CT molecular complexity index is 1230. The fraction of sp³-hybridized carbons (Fsp3) is 0.235. The van der Waals surface area contributed by atoms with E-state index in [1.54, 1.807) is 0 Å². The van der Waals surface area contributed by atoms with Crippen LogP contribution in [0.5, 0.6) is 0 Å². The minimum absolute atomic E-state index is 0.0126. The quantitative estimate of drug-likeness (QED) is 0.566. The summed E-state index contributed by atoms with van der Waals surface area (Å²) in [4.78, 5) is 12.2.